The van der Waals surface area contributed by atoms with Crippen molar-refractivity contribution in [3.8, 4) is 5.75 Å². The molecule has 1 aromatic carbocycles. The van der Waals surface area contributed by atoms with Crippen LogP contribution in [0.15, 0.2) is 23.1 Å². The van der Waals surface area contributed by atoms with Crippen molar-refractivity contribution < 1.29 is 22.7 Å². The van der Waals surface area contributed by atoms with Crippen LogP contribution in [-0.2, 0) is 10.0 Å². The Labute approximate surface area is 128 Å². The van der Waals surface area contributed by atoms with Gasteiger partial charge in [-0.15, -0.1) is 0 Å². The first-order valence-electron chi connectivity index (χ1n) is 6.26. The fraction of sp³-hybridized carbons (Fsp3) is 0.538. The number of hydrogen-bond donors (Lipinski definition) is 2. The highest BCUT2D eigenvalue weighted by atomic mass is 32.2. The van der Waals surface area contributed by atoms with Crippen molar-refractivity contribution >= 4 is 21.8 Å². The average Bonchev–Trinajstić information content (AvgIpc) is 2.43. The van der Waals surface area contributed by atoms with Gasteiger partial charge in [0.15, 0.2) is 11.6 Å². The third-order valence-corrected chi connectivity index (χ3v) is 4.93. The monoisotopic (exact) mass is 337 g/mol. The third kappa shape index (κ3) is 5.46. The van der Waals surface area contributed by atoms with Crippen LogP contribution in [-0.4, -0.2) is 44.8 Å². The van der Waals surface area contributed by atoms with Gasteiger partial charge in [0.05, 0.1) is 17.6 Å². The predicted octanol–water partition coefficient (Wildman–Crippen LogP) is 1.62. The Morgan fingerprint density at radius 3 is 2.67 bits per heavy atom. The van der Waals surface area contributed by atoms with Gasteiger partial charge in [-0.1, -0.05) is 0 Å². The molecular formula is C13H20FNO4S2. The molecule has 0 fully saturated rings. The minimum Gasteiger partial charge on any atom is -0.494 e. The first-order chi connectivity index (χ1) is 9.72. The summed E-state index contributed by atoms with van der Waals surface area (Å²) in [5, 5.41) is 10.1. The Bertz CT molecular complexity index is 576. The maximum Gasteiger partial charge on any atom is 0.240 e. The fourth-order valence-corrected chi connectivity index (χ4v) is 3.38. The molecule has 0 aliphatic rings. The number of benzene rings is 1. The van der Waals surface area contributed by atoms with Crippen LogP contribution < -0.4 is 9.46 Å². The van der Waals surface area contributed by atoms with Crippen molar-refractivity contribution in [3.63, 3.8) is 0 Å². The Hall–Kier alpha value is -0.830. The first-order valence-corrected chi connectivity index (χ1v) is 9.14. The van der Waals surface area contributed by atoms with E-state index in [1.54, 1.807) is 18.7 Å². The zero-order chi connectivity index (χ0) is 16.1. The molecule has 8 heteroatoms. The molecule has 0 bridgehead atoms. The van der Waals surface area contributed by atoms with E-state index in [4.69, 9.17) is 4.74 Å². The van der Waals surface area contributed by atoms with Gasteiger partial charge in [0.2, 0.25) is 10.0 Å². The second-order valence-corrected chi connectivity index (χ2v) is 7.61. The average molecular weight is 337 g/mol. The number of thioether (sulfide) groups is 1. The normalized spacial score (nSPS) is 14.7. The summed E-state index contributed by atoms with van der Waals surface area (Å²) >= 11 is 1.56. The lowest BCUT2D eigenvalue weighted by atomic mass is 10.1. The predicted molar refractivity (Wildman–Crippen MR) is 81.8 cm³/mol. The maximum atomic E-state index is 13.6. The zero-order valence-electron chi connectivity index (χ0n) is 12.2. The molecule has 0 radical (unpaired) electrons. The van der Waals surface area contributed by atoms with Gasteiger partial charge in [0.1, 0.15) is 0 Å². The summed E-state index contributed by atoms with van der Waals surface area (Å²) < 4.78 is 44.7. The van der Waals surface area contributed by atoms with E-state index in [2.05, 4.69) is 4.72 Å². The maximum absolute atomic E-state index is 13.6. The second kappa shape index (κ2) is 7.44. The summed E-state index contributed by atoms with van der Waals surface area (Å²) in [7, 11) is -2.58. The standard InChI is InChI=1S/C13H20FNO4S2/c1-13(16,6-7-20-3)9-15-21(17,18)10-4-5-12(19-2)11(14)8-10/h4-5,8,15-16H,6-7,9H2,1-3H3/t13-/m1/s1. The van der Waals surface area contributed by atoms with Gasteiger partial charge in [-0.3, -0.25) is 0 Å². The van der Waals surface area contributed by atoms with Crippen molar-refractivity contribution in [1.29, 1.82) is 0 Å². The lowest BCUT2D eigenvalue weighted by Gasteiger charge is -2.23. The van der Waals surface area contributed by atoms with Gasteiger partial charge in [-0.05, 0) is 43.6 Å². The smallest absolute Gasteiger partial charge is 0.240 e. The molecular weight excluding hydrogens is 317 g/mol. The zero-order valence-corrected chi connectivity index (χ0v) is 13.9. The van der Waals surface area contributed by atoms with Crippen LogP contribution in [0.4, 0.5) is 4.39 Å². The lowest BCUT2D eigenvalue weighted by molar-refractivity contribution is 0.0626. The molecule has 0 saturated carbocycles. The van der Waals surface area contributed by atoms with Crippen LogP contribution in [0.2, 0.25) is 0 Å². The van der Waals surface area contributed by atoms with Crippen LogP contribution in [0.3, 0.4) is 0 Å². The largest absolute Gasteiger partial charge is 0.494 e. The molecule has 21 heavy (non-hydrogen) atoms. The van der Waals surface area contributed by atoms with Crippen LogP contribution in [0.25, 0.3) is 0 Å². The molecule has 0 aliphatic carbocycles. The molecule has 0 amide bonds. The molecule has 0 unspecified atom stereocenters. The Kier molecular flexibility index (Phi) is 6.45. The first kappa shape index (κ1) is 18.2. The highest BCUT2D eigenvalue weighted by Crippen LogP contribution is 2.21. The topological polar surface area (TPSA) is 75.6 Å². The fourth-order valence-electron chi connectivity index (χ4n) is 1.56. The summed E-state index contributed by atoms with van der Waals surface area (Å²) in [6.07, 6.45) is 2.36. The van der Waals surface area contributed by atoms with E-state index in [1.807, 2.05) is 6.26 Å². The highest BCUT2D eigenvalue weighted by Gasteiger charge is 2.24. The van der Waals surface area contributed by atoms with E-state index in [0.29, 0.717) is 12.2 Å². The Morgan fingerprint density at radius 2 is 2.14 bits per heavy atom. The molecule has 0 heterocycles. The lowest BCUT2D eigenvalue weighted by Crippen LogP contribution is -2.41. The van der Waals surface area contributed by atoms with Gasteiger partial charge in [-0.2, -0.15) is 11.8 Å². The van der Waals surface area contributed by atoms with Gasteiger partial charge < -0.3 is 9.84 Å². The van der Waals surface area contributed by atoms with Gasteiger partial charge in [0.25, 0.3) is 0 Å². The number of methoxy groups -OCH3 is 1. The molecule has 2 N–H and O–H groups in total. The minimum absolute atomic E-state index is 0.0269. The molecule has 0 aliphatic heterocycles. The van der Waals surface area contributed by atoms with Crippen molar-refractivity contribution in [3.05, 3.63) is 24.0 Å². The van der Waals surface area contributed by atoms with Crippen LogP contribution >= 0.6 is 11.8 Å². The van der Waals surface area contributed by atoms with E-state index in [9.17, 15) is 17.9 Å². The molecule has 5 nitrogen and oxygen atoms in total. The van der Waals surface area contributed by atoms with E-state index >= 15 is 0 Å². The summed E-state index contributed by atoms with van der Waals surface area (Å²) in [6, 6.07) is 3.38. The third-order valence-electron chi connectivity index (χ3n) is 2.92. The number of ether oxygens (including phenoxy) is 1. The molecule has 1 rings (SSSR count). The van der Waals surface area contributed by atoms with Gasteiger partial charge >= 0.3 is 0 Å². The van der Waals surface area contributed by atoms with Crippen LogP contribution in [0.5, 0.6) is 5.75 Å². The minimum atomic E-state index is -3.88. The van der Waals surface area contributed by atoms with Crippen molar-refractivity contribution in [2.75, 3.05) is 25.7 Å². The van der Waals surface area contributed by atoms with E-state index in [-0.39, 0.29) is 17.2 Å². The summed E-state index contributed by atoms with van der Waals surface area (Å²) in [6.45, 7) is 1.42. The van der Waals surface area contributed by atoms with Crippen molar-refractivity contribution in [1.82, 2.24) is 4.72 Å². The van der Waals surface area contributed by atoms with Crippen molar-refractivity contribution in [2.45, 2.75) is 23.8 Å². The molecule has 0 saturated heterocycles. The molecule has 0 aromatic heterocycles. The van der Waals surface area contributed by atoms with Crippen LogP contribution in [0, 0.1) is 5.82 Å². The quantitative estimate of drug-likeness (QED) is 0.754. The summed E-state index contributed by atoms with van der Waals surface area (Å²) in [5.41, 5.74) is -1.15. The van der Waals surface area contributed by atoms with E-state index < -0.39 is 21.4 Å². The van der Waals surface area contributed by atoms with Crippen LogP contribution in [0.1, 0.15) is 13.3 Å². The number of aliphatic hydroxyl groups is 1. The van der Waals surface area contributed by atoms with E-state index in [0.717, 1.165) is 6.07 Å². The number of hydrogen-bond acceptors (Lipinski definition) is 5. The van der Waals surface area contributed by atoms with Gasteiger partial charge in [-0.25, -0.2) is 17.5 Å². The number of sulfonamides is 1. The number of nitrogens with one attached hydrogen (secondary N) is 1. The number of rotatable bonds is 8. The SMILES string of the molecule is COc1ccc(S(=O)(=O)NC[C@](C)(O)CCSC)cc1F. The molecule has 120 valence electrons. The molecule has 1 atom stereocenters. The molecule has 0 spiro atoms. The second-order valence-electron chi connectivity index (χ2n) is 4.86. The molecule has 1 aromatic rings. The van der Waals surface area contributed by atoms with Gasteiger partial charge in [0, 0.05) is 6.54 Å². The number of halogens is 1. The summed E-state index contributed by atoms with van der Waals surface area (Å²) in [5.74, 6) is -0.0678. The Morgan fingerprint density at radius 1 is 1.48 bits per heavy atom. The van der Waals surface area contributed by atoms with E-state index in [1.165, 1.54) is 19.2 Å². The van der Waals surface area contributed by atoms with Crippen molar-refractivity contribution in [2.24, 2.45) is 0 Å². The summed E-state index contributed by atoms with van der Waals surface area (Å²) in [4.78, 5) is -0.207. The Balaban J connectivity index is 2.80. The highest BCUT2D eigenvalue weighted by molar-refractivity contribution is 7.98.